The first-order chi connectivity index (χ1) is 10.3. The first-order valence-electron chi connectivity index (χ1n) is 6.52. The molecule has 1 heterocycles. The fraction of sp³-hybridized carbons (Fsp3) is 0.0625. The SMILES string of the molecule is O=C(OCc1cnnn1-c1ccccc1)c1ccccc1. The van der Waals surface area contributed by atoms with Crippen molar-refractivity contribution in [3.63, 3.8) is 0 Å². The van der Waals surface area contributed by atoms with Gasteiger partial charge in [-0.3, -0.25) is 0 Å². The van der Waals surface area contributed by atoms with Crippen LogP contribution in [0.3, 0.4) is 0 Å². The molecule has 21 heavy (non-hydrogen) atoms. The van der Waals surface area contributed by atoms with E-state index in [1.54, 1.807) is 35.1 Å². The number of rotatable bonds is 4. The van der Waals surface area contributed by atoms with Gasteiger partial charge in [0.05, 0.1) is 17.4 Å². The van der Waals surface area contributed by atoms with Crippen LogP contribution in [0, 0.1) is 0 Å². The highest BCUT2D eigenvalue weighted by Crippen LogP contribution is 2.10. The van der Waals surface area contributed by atoms with Gasteiger partial charge in [0.1, 0.15) is 12.3 Å². The molecular formula is C16H13N3O2. The number of aromatic nitrogens is 3. The number of hydrogen-bond donors (Lipinski definition) is 0. The third-order valence-corrected chi connectivity index (χ3v) is 2.98. The smallest absolute Gasteiger partial charge is 0.338 e. The molecule has 5 nitrogen and oxygen atoms in total. The van der Waals surface area contributed by atoms with Gasteiger partial charge in [-0.25, -0.2) is 9.48 Å². The van der Waals surface area contributed by atoms with E-state index in [1.807, 2.05) is 36.4 Å². The molecule has 1 aromatic heterocycles. The lowest BCUT2D eigenvalue weighted by Crippen LogP contribution is -2.09. The van der Waals surface area contributed by atoms with Crippen molar-refractivity contribution in [1.29, 1.82) is 0 Å². The lowest BCUT2D eigenvalue weighted by Gasteiger charge is -2.07. The second kappa shape index (κ2) is 6.00. The molecule has 0 radical (unpaired) electrons. The minimum atomic E-state index is -0.364. The average molecular weight is 279 g/mol. The molecule has 5 heteroatoms. The molecule has 3 rings (SSSR count). The monoisotopic (exact) mass is 279 g/mol. The Kier molecular flexibility index (Phi) is 3.73. The Morgan fingerprint density at radius 3 is 2.38 bits per heavy atom. The van der Waals surface area contributed by atoms with Gasteiger partial charge in [-0.1, -0.05) is 41.6 Å². The Balaban J connectivity index is 1.73. The van der Waals surface area contributed by atoms with Gasteiger partial charge in [-0.05, 0) is 24.3 Å². The van der Waals surface area contributed by atoms with E-state index in [9.17, 15) is 4.79 Å². The van der Waals surface area contributed by atoms with E-state index < -0.39 is 0 Å². The predicted octanol–water partition coefficient (Wildman–Crippen LogP) is 2.62. The van der Waals surface area contributed by atoms with Crippen molar-refractivity contribution in [2.24, 2.45) is 0 Å². The Morgan fingerprint density at radius 2 is 1.67 bits per heavy atom. The lowest BCUT2D eigenvalue weighted by atomic mass is 10.2. The molecule has 0 saturated heterocycles. The lowest BCUT2D eigenvalue weighted by molar-refractivity contribution is 0.0465. The van der Waals surface area contributed by atoms with Crippen molar-refractivity contribution >= 4 is 5.97 Å². The van der Waals surface area contributed by atoms with Crippen molar-refractivity contribution < 1.29 is 9.53 Å². The number of ether oxygens (including phenoxy) is 1. The quantitative estimate of drug-likeness (QED) is 0.689. The zero-order valence-corrected chi connectivity index (χ0v) is 11.2. The molecule has 0 fully saturated rings. The summed E-state index contributed by atoms with van der Waals surface area (Å²) >= 11 is 0. The highest BCUT2D eigenvalue weighted by atomic mass is 16.5. The van der Waals surface area contributed by atoms with Gasteiger partial charge in [0, 0.05) is 0 Å². The first-order valence-corrected chi connectivity index (χ1v) is 6.52. The van der Waals surface area contributed by atoms with Gasteiger partial charge in [0.15, 0.2) is 0 Å². The number of esters is 1. The molecule has 0 aliphatic rings. The van der Waals surface area contributed by atoms with Gasteiger partial charge in [-0.2, -0.15) is 0 Å². The van der Waals surface area contributed by atoms with Gasteiger partial charge in [-0.15, -0.1) is 5.10 Å². The van der Waals surface area contributed by atoms with Crippen LogP contribution in [0.25, 0.3) is 5.69 Å². The number of para-hydroxylation sites is 1. The standard InChI is InChI=1S/C16H13N3O2/c20-16(13-7-3-1-4-8-13)21-12-15-11-17-18-19(15)14-9-5-2-6-10-14/h1-11H,12H2. The summed E-state index contributed by atoms with van der Waals surface area (Å²) in [6.45, 7) is 0.121. The molecule has 0 spiro atoms. The summed E-state index contributed by atoms with van der Waals surface area (Å²) in [5, 5.41) is 7.88. The normalized spacial score (nSPS) is 10.3. The second-order valence-corrected chi connectivity index (χ2v) is 4.41. The van der Waals surface area contributed by atoms with E-state index in [0.717, 1.165) is 5.69 Å². The van der Waals surface area contributed by atoms with Crippen LogP contribution in [-0.2, 0) is 11.3 Å². The van der Waals surface area contributed by atoms with Crippen LogP contribution >= 0.6 is 0 Å². The van der Waals surface area contributed by atoms with Gasteiger partial charge >= 0.3 is 5.97 Å². The minimum Gasteiger partial charge on any atom is -0.456 e. The van der Waals surface area contributed by atoms with Crippen LogP contribution in [0.2, 0.25) is 0 Å². The number of nitrogens with zero attached hydrogens (tertiary/aromatic N) is 3. The first kappa shape index (κ1) is 13.1. The largest absolute Gasteiger partial charge is 0.456 e. The molecule has 0 amide bonds. The summed E-state index contributed by atoms with van der Waals surface area (Å²) in [6.07, 6.45) is 1.59. The second-order valence-electron chi connectivity index (χ2n) is 4.41. The summed E-state index contributed by atoms with van der Waals surface area (Å²) in [5.41, 5.74) is 2.11. The zero-order chi connectivity index (χ0) is 14.5. The molecule has 2 aromatic carbocycles. The Hall–Kier alpha value is -2.95. The summed E-state index contributed by atoms with van der Waals surface area (Å²) in [5.74, 6) is -0.364. The molecule has 0 bridgehead atoms. The van der Waals surface area contributed by atoms with Gasteiger partial charge in [0.25, 0.3) is 0 Å². The molecule has 0 unspecified atom stereocenters. The van der Waals surface area contributed by atoms with Gasteiger partial charge in [0.2, 0.25) is 0 Å². The van der Waals surface area contributed by atoms with Crippen molar-refractivity contribution in [1.82, 2.24) is 15.0 Å². The van der Waals surface area contributed by atoms with Crippen molar-refractivity contribution in [3.05, 3.63) is 78.1 Å². The molecule has 104 valence electrons. The maximum Gasteiger partial charge on any atom is 0.338 e. The fourth-order valence-corrected chi connectivity index (χ4v) is 1.94. The number of carbonyl (C=O) groups excluding carboxylic acids is 1. The van der Waals surface area contributed by atoms with Crippen molar-refractivity contribution in [2.75, 3.05) is 0 Å². The predicted molar refractivity (Wildman–Crippen MR) is 76.9 cm³/mol. The Labute approximate surface area is 121 Å². The van der Waals surface area contributed by atoms with Crippen LogP contribution in [0.15, 0.2) is 66.9 Å². The summed E-state index contributed by atoms with van der Waals surface area (Å²) < 4.78 is 6.95. The summed E-state index contributed by atoms with van der Waals surface area (Å²) in [7, 11) is 0. The maximum atomic E-state index is 11.9. The number of hydrogen-bond acceptors (Lipinski definition) is 4. The van der Waals surface area contributed by atoms with E-state index >= 15 is 0 Å². The van der Waals surface area contributed by atoms with Crippen molar-refractivity contribution in [3.8, 4) is 5.69 Å². The molecule has 0 N–H and O–H groups in total. The van der Waals surface area contributed by atoms with Gasteiger partial charge < -0.3 is 4.74 Å². The van der Waals surface area contributed by atoms with E-state index in [1.165, 1.54) is 0 Å². The van der Waals surface area contributed by atoms with Crippen LogP contribution in [-0.4, -0.2) is 21.0 Å². The summed E-state index contributed by atoms with van der Waals surface area (Å²) in [4.78, 5) is 11.9. The molecule has 0 saturated carbocycles. The molecule has 0 aliphatic carbocycles. The van der Waals surface area contributed by atoms with E-state index in [4.69, 9.17) is 4.74 Å². The molecular weight excluding hydrogens is 266 g/mol. The maximum absolute atomic E-state index is 11.9. The molecule has 3 aromatic rings. The topological polar surface area (TPSA) is 57.0 Å². The highest BCUT2D eigenvalue weighted by molar-refractivity contribution is 5.89. The zero-order valence-electron chi connectivity index (χ0n) is 11.2. The fourth-order valence-electron chi connectivity index (χ4n) is 1.94. The average Bonchev–Trinajstić information content (AvgIpc) is 3.03. The Morgan fingerprint density at radius 1 is 1.00 bits per heavy atom. The Bertz CT molecular complexity index is 724. The third kappa shape index (κ3) is 2.97. The van der Waals surface area contributed by atoms with E-state index in [2.05, 4.69) is 10.3 Å². The van der Waals surface area contributed by atoms with Crippen LogP contribution in [0.1, 0.15) is 16.1 Å². The van der Waals surface area contributed by atoms with E-state index in [0.29, 0.717) is 11.3 Å². The van der Waals surface area contributed by atoms with Crippen LogP contribution in [0.5, 0.6) is 0 Å². The summed E-state index contributed by atoms with van der Waals surface area (Å²) in [6, 6.07) is 18.5. The number of carbonyl (C=O) groups is 1. The van der Waals surface area contributed by atoms with Crippen LogP contribution < -0.4 is 0 Å². The van der Waals surface area contributed by atoms with Crippen LogP contribution in [0.4, 0.5) is 0 Å². The molecule has 0 atom stereocenters. The highest BCUT2D eigenvalue weighted by Gasteiger charge is 2.10. The van der Waals surface area contributed by atoms with Crippen molar-refractivity contribution in [2.45, 2.75) is 6.61 Å². The minimum absolute atomic E-state index is 0.121. The van der Waals surface area contributed by atoms with E-state index in [-0.39, 0.29) is 12.6 Å². The third-order valence-electron chi connectivity index (χ3n) is 2.98. The number of benzene rings is 2. The molecule has 0 aliphatic heterocycles.